The van der Waals surface area contributed by atoms with Gasteiger partial charge in [-0.3, -0.25) is 9.59 Å². The molecule has 1 N–H and O–H groups in total. The summed E-state index contributed by atoms with van der Waals surface area (Å²) in [4.78, 5) is 35.1. The number of Topliss-reactive ketones (excluding diaryl/α,β-unsaturated/α-hetero) is 1. The van der Waals surface area contributed by atoms with Gasteiger partial charge in [0, 0.05) is 11.8 Å². The van der Waals surface area contributed by atoms with Crippen LogP contribution in [0.3, 0.4) is 0 Å². The lowest BCUT2D eigenvalue weighted by Gasteiger charge is -2.54. The van der Waals surface area contributed by atoms with Crippen LogP contribution in [0.4, 0.5) is 8.78 Å². The Morgan fingerprint density at radius 3 is 2.33 bits per heavy atom. The summed E-state index contributed by atoms with van der Waals surface area (Å²) in [5.74, 6) is -7.97. The standard InChI is InChI=1S/C16H20F2O6/c1-14(23,16(17,18)12(20)21)7-24-13(22)15-4-8-2-9(5-15)11(19)10(3-8)6-15/h8-10,23H,2-7H2,1H3,(H,20,21)/p-1. The fraction of sp³-hybridized carbons (Fsp3) is 0.812. The second-order valence-electron chi connectivity index (χ2n) is 7.74. The van der Waals surface area contributed by atoms with Crippen LogP contribution in [0, 0.1) is 23.2 Å². The fourth-order valence-corrected chi connectivity index (χ4v) is 4.67. The Hall–Kier alpha value is -1.57. The van der Waals surface area contributed by atoms with Crippen LogP contribution in [-0.2, 0) is 19.1 Å². The van der Waals surface area contributed by atoms with Gasteiger partial charge < -0.3 is 19.7 Å². The molecule has 0 saturated heterocycles. The van der Waals surface area contributed by atoms with E-state index < -0.39 is 35.5 Å². The maximum atomic E-state index is 13.4. The van der Waals surface area contributed by atoms with Gasteiger partial charge in [-0.05, 0) is 44.9 Å². The molecular formula is C16H19F2O6-. The first kappa shape index (κ1) is 17.3. The number of halogens is 2. The lowest BCUT2D eigenvalue weighted by molar-refractivity contribution is -0.344. The highest BCUT2D eigenvalue weighted by Crippen LogP contribution is 2.59. The number of ketones is 1. The largest absolute Gasteiger partial charge is 0.544 e. The molecule has 8 heteroatoms. The van der Waals surface area contributed by atoms with Crippen LogP contribution in [0.1, 0.15) is 39.0 Å². The molecule has 24 heavy (non-hydrogen) atoms. The monoisotopic (exact) mass is 345 g/mol. The maximum absolute atomic E-state index is 13.4. The van der Waals surface area contributed by atoms with Crippen LogP contribution < -0.4 is 5.11 Å². The van der Waals surface area contributed by atoms with Gasteiger partial charge in [-0.1, -0.05) is 0 Å². The molecule has 0 aromatic rings. The van der Waals surface area contributed by atoms with Crippen LogP contribution in [0.15, 0.2) is 0 Å². The van der Waals surface area contributed by atoms with Gasteiger partial charge >= 0.3 is 11.9 Å². The van der Waals surface area contributed by atoms with Crippen molar-refractivity contribution in [2.45, 2.75) is 50.6 Å². The minimum Gasteiger partial charge on any atom is -0.544 e. The number of carbonyl (C=O) groups is 3. The van der Waals surface area contributed by atoms with Crippen molar-refractivity contribution >= 4 is 17.7 Å². The third kappa shape index (κ3) is 2.42. The van der Waals surface area contributed by atoms with E-state index in [9.17, 15) is 33.4 Å². The Morgan fingerprint density at radius 1 is 1.29 bits per heavy atom. The van der Waals surface area contributed by atoms with E-state index in [1.54, 1.807) is 0 Å². The summed E-state index contributed by atoms with van der Waals surface area (Å²) >= 11 is 0. The van der Waals surface area contributed by atoms with Crippen molar-refractivity contribution in [3.05, 3.63) is 0 Å². The predicted octanol–water partition coefficient (Wildman–Crippen LogP) is 0.0612. The number of hydrogen-bond donors (Lipinski definition) is 1. The lowest BCUT2D eigenvalue weighted by Crippen LogP contribution is -2.60. The molecule has 4 fully saturated rings. The van der Waals surface area contributed by atoms with Gasteiger partial charge in [0.05, 0.1) is 5.41 Å². The number of esters is 1. The van der Waals surface area contributed by atoms with E-state index in [-0.39, 0.29) is 23.5 Å². The van der Waals surface area contributed by atoms with Gasteiger partial charge in [-0.15, -0.1) is 0 Å². The highest BCUT2D eigenvalue weighted by atomic mass is 19.3. The fourth-order valence-electron chi connectivity index (χ4n) is 4.67. The van der Waals surface area contributed by atoms with Crippen LogP contribution >= 0.6 is 0 Å². The topological polar surface area (TPSA) is 104 Å². The third-order valence-corrected chi connectivity index (χ3v) is 5.84. The summed E-state index contributed by atoms with van der Waals surface area (Å²) < 4.78 is 31.8. The summed E-state index contributed by atoms with van der Waals surface area (Å²) in [5, 5.41) is 20.2. The average molecular weight is 345 g/mol. The molecule has 134 valence electrons. The Morgan fingerprint density at radius 2 is 1.83 bits per heavy atom. The van der Waals surface area contributed by atoms with Crippen molar-refractivity contribution < 1.29 is 38.1 Å². The number of carbonyl (C=O) groups excluding carboxylic acids is 3. The normalized spacial score (nSPS) is 37.2. The zero-order valence-corrected chi connectivity index (χ0v) is 13.2. The molecule has 0 aliphatic heterocycles. The number of carboxylic acids is 1. The smallest absolute Gasteiger partial charge is 0.318 e. The maximum Gasteiger partial charge on any atom is 0.318 e. The molecule has 0 aromatic carbocycles. The molecule has 0 spiro atoms. The second kappa shape index (κ2) is 5.21. The minimum atomic E-state index is -4.55. The molecular weight excluding hydrogens is 326 g/mol. The highest BCUT2D eigenvalue weighted by molar-refractivity contribution is 5.89. The number of hydrogen-bond acceptors (Lipinski definition) is 6. The Balaban J connectivity index is 1.70. The van der Waals surface area contributed by atoms with Gasteiger partial charge in [-0.2, -0.15) is 8.78 Å². The Labute approximate surface area is 137 Å². The summed E-state index contributed by atoms with van der Waals surface area (Å²) in [6.45, 7) is -0.568. The first-order valence-electron chi connectivity index (χ1n) is 8.01. The first-order valence-corrected chi connectivity index (χ1v) is 8.01. The van der Waals surface area contributed by atoms with Crippen LogP contribution in [0.2, 0.25) is 0 Å². The molecule has 4 rings (SSSR count). The quantitative estimate of drug-likeness (QED) is 0.707. The summed E-state index contributed by atoms with van der Waals surface area (Å²) in [7, 11) is 0. The van der Waals surface area contributed by atoms with Crippen molar-refractivity contribution in [1.29, 1.82) is 0 Å². The molecule has 0 amide bonds. The predicted molar refractivity (Wildman–Crippen MR) is 72.5 cm³/mol. The summed E-state index contributed by atoms with van der Waals surface area (Å²) in [5.41, 5.74) is -3.95. The van der Waals surface area contributed by atoms with Crippen LogP contribution in [-0.4, -0.2) is 41.0 Å². The van der Waals surface area contributed by atoms with Gasteiger partial charge in [0.1, 0.15) is 18.4 Å². The number of carboxylic acid groups (broad SMARTS) is 1. The SMILES string of the molecule is CC(O)(COC(=O)C12CC3CC(C1)C(=O)C(C3)C2)C(F)(F)C(=O)[O-]. The van der Waals surface area contributed by atoms with E-state index in [1.807, 2.05) is 0 Å². The number of alkyl halides is 2. The van der Waals surface area contributed by atoms with Gasteiger partial charge in [0.2, 0.25) is 0 Å². The van der Waals surface area contributed by atoms with Crippen molar-refractivity contribution in [2.24, 2.45) is 23.2 Å². The zero-order chi connectivity index (χ0) is 17.9. The second-order valence-corrected chi connectivity index (χ2v) is 7.74. The average Bonchev–Trinajstić information content (AvgIpc) is 2.49. The van der Waals surface area contributed by atoms with Crippen molar-refractivity contribution in [1.82, 2.24) is 0 Å². The van der Waals surface area contributed by atoms with E-state index in [0.717, 1.165) is 12.8 Å². The summed E-state index contributed by atoms with van der Waals surface area (Å²) in [6, 6.07) is 0. The first-order chi connectivity index (χ1) is 11.0. The summed E-state index contributed by atoms with van der Waals surface area (Å²) in [6.07, 6.45) is 2.74. The van der Waals surface area contributed by atoms with E-state index >= 15 is 0 Å². The third-order valence-electron chi connectivity index (χ3n) is 5.84. The number of rotatable bonds is 5. The highest BCUT2D eigenvalue weighted by Gasteiger charge is 2.60. The van der Waals surface area contributed by atoms with E-state index in [0.29, 0.717) is 26.2 Å². The molecule has 0 aromatic heterocycles. The van der Waals surface area contributed by atoms with Crippen molar-refractivity contribution in [3.8, 4) is 0 Å². The van der Waals surface area contributed by atoms with Crippen LogP contribution in [0.25, 0.3) is 0 Å². The number of ether oxygens (including phenoxy) is 1. The minimum absolute atomic E-state index is 0.171. The van der Waals surface area contributed by atoms with E-state index in [4.69, 9.17) is 4.74 Å². The molecule has 4 bridgehead atoms. The van der Waals surface area contributed by atoms with Gasteiger partial charge in [0.25, 0.3) is 0 Å². The Kier molecular flexibility index (Phi) is 3.75. The van der Waals surface area contributed by atoms with Crippen LogP contribution in [0.5, 0.6) is 0 Å². The zero-order valence-electron chi connectivity index (χ0n) is 13.2. The Bertz CT molecular complexity index is 581. The van der Waals surface area contributed by atoms with Gasteiger partial charge in [0.15, 0.2) is 5.60 Å². The molecule has 4 aliphatic carbocycles. The number of aliphatic hydroxyl groups is 1. The lowest BCUT2D eigenvalue weighted by atomic mass is 9.49. The number of aliphatic carboxylic acids is 1. The van der Waals surface area contributed by atoms with E-state index in [1.165, 1.54) is 0 Å². The molecule has 3 atom stereocenters. The molecule has 4 aliphatic rings. The van der Waals surface area contributed by atoms with Crippen molar-refractivity contribution in [2.75, 3.05) is 6.61 Å². The van der Waals surface area contributed by atoms with Crippen molar-refractivity contribution in [3.63, 3.8) is 0 Å². The molecule has 0 radical (unpaired) electrons. The molecule has 4 saturated carbocycles. The molecule has 3 unspecified atom stereocenters. The van der Waals surface area contributed by atoms with E-state index in [2.05, 4.69) is 0 Å². The molecule has 6 nitrogen and oxygen atoms in total. The van der Waals surface area contributed by atoms with Gasteiger partial charge in [-0.25, -0.2) is 0 Å². The molecule has 0 heterocycles.